The molecule has 27 heavy (non-hydrogen) atoms. The molecule has 3 heterocycles. The van der Waals surface area contributed by atoms with Crippen LogP contribution < -0.4 is 16.4 Å². The molecule has 0 radical (unpaired) electrons. The van der Waals surface area contributed by atoms with Gasteiger partial charge in [-0.1, -0.05) is 12.1 Å². The number of nitrogens with one attached hydrogen (secondary N) is 3. The van der Waals surface area contributed by atoms with Crippen LogP contribution in [0.5, 0.6) is 0 Å². The monoisotopic (exact) mass is 370 g/mol. The highest BCUT2D eigenvalue weighted by Crippen LogP contribution is 2.19. The van der Waals surface area contributed by atoms with Gasteiger partial charge >= 0.3 is 5.76 Å². The van der Waals surface area contributed by atoms with E-state index in [1.807, 2.05) is 6.07 Å². The van der Waals surface area contributed by atoms with Gasteiger partial charge in [-0.2, -0.15) is 0 Å². The lowest BCUT2D eigenvalue weighted by atomic mass is 9.91. The van der Waals surface area contributed by atoms with Crippen molar-refractivity contribution in [3.63, 3.8) is 0 Å². The third-order valence-electron chi connectivity index (χ3n) is 4.77. The number of oxazole rings is 1. The second-order valence-electron chi connectivity index (χ2n) is 6.80. The largest absolute Gasteiger partial charge is 0.418 e. The number of aromatic amines is 1. The molecule has 1 aliphatic rings. The molecule has 2 aromatic heterocycles. The van der Waals surface area contributed by atoms with Gasteiger partial charge in [0.05, 0.1) is 11.7 Å². The lowest BCUT2D eigenvalue weighted by Crippen LogP contribution is -2.50. The van der Waals surface area contributed by atoms with Gasteiger partial charge in [0.25, 0.3) is 5.91 Å². The van der Waals surface area contributed by atoms with E-state index in [0.717, 1.165) is 31.4 Å². The van der Waals surface area contributed by atoms with Gasteiger partial charge in [-0.15, -0.1) is 0 Å². The summed E-state index contributed by atoms with van der Waals surface area (Å²) in [4.78, 5) is 30.0. The third kappa shape index (κ3) is 4.06. The number of carbonyl (C=O) groups is 1. The van der Waals surface area contributed by atoms with Gasteiger partial charge < -0.3 is 9.73 Å². The summed E-state index contributed by atoms with van der Waals surface area (Å²) in [6, 6.07) is 8.15. The minimum absolute atomic E-state index is 0.143. The Balaban J connectivity index is 1.32. The molecule has 1 amide bonds. The average Bonchev–Trinajstić information content (AvgIpc) is 3.02. The van der Waals surface area contributed by atoms with Crippen LogP contribution in [-0.4, -0.2) is 28.6 Å². The topological polar surface area (TPSA) is 100 Å². The van der Waals surface area contributed by atoms with Crippen LogP contribution in [0.4, 0.5) is 4.39 Å². The number of hydrogen-bond acceptors (Lipinski definition) is 5. The van der Waals surface area contributed by atoms with Gasteiger partial charge in [0, 0.05) is 12.7 Å². The van der Waals surface area contributed by atoms with Crippen LogP contribution in [0.25, 0.3) is 11.2 Å². The van der Waals surface area contributed by atoms with E-state index in [2.05, 4.69) is 20.6 Å². The molecule has 8 heteroatoms. The van der Waals surface area contributed by atoms with Crippen molar-refractivity contribution in [1.29, 1.82) is 0 Å². The van der Waals surface area contributed by atoms with E-state index in [9.17, 15) is 14.0 Å². The van der Waals surface area contributed by atoms with Crippen LogP contribution in [-0.2, 0) is 6.42 Å². The number of carbonyl (C=O) groups excluding carboxylic acids is 1. The smallest absolute Gasteiger partial charge is 0.406 e. The Morgan fingerprint density at radius 3 is 3.00 bits per heavy atom. The molecule has 1 saturated heterocycles. The molecule has 2 unspecified atom stereocenters. The number of rotatable bonds is 4. The fourth-order valence-corrected chi connectivity index (χ4v) is 3.41. The molecule has 0 bridgehead atoms. The molecule has 1 fully saturated rings. The number of H-pyrrole nitrogens is 1. The van der Waals surface area contributed by atoms with Gasteiger partial charge in [-0.25, -0.2) is 14.2 Å². The molecule has 3 N–H and O–H groups in total. The standard InChI is InChI=1S/C19H19FN4O3/c20-14-3-1-2-11(7-14)6-12-4-5-16(21-9-12)23-18(25)13-8-15-17(22-10-13)24-19(26)27-15/h1-3,7-8,10,12,16,21H,4-6,9H2,(H,23,25)(H,22,24,26). The Morgan fingerprint density at radius 2 is 2.22 bits per heavy atom. The van der Waals surface area contributed by atoms with E-state index >= 15 is 0 Å². The number of piperidine rings is 1. The summed E-state index contributed by atoms with van der Waals surface area (Å²) in [5.41, 5.74) is 1.87. The maximum atomic E-state index is 13.3. The van der Waals surface area contributed by atoms with Crippen LogP contribution >= 0.6 is 0 Å². The van der Waals surface area contributed by atoms with Gasteiger partial charge in [0.2, 0.25) is 0 Å². The molecular formula is C19H19FN4O3. The van der Waals surface area contributed by atoms with E-state index in [1.165, 1.54) is 18.3 Å². The van der Waals surface area contributed by atoms with Gasteiger partial charge in [0.1, 0.15) is 5.82 Å². The number of fused-ring (bicyclic) bond motifs is 1. The summed E-state index contributed by atoms with van der Waals surface area (Å²) in [6.07, 6.45) is 3.77. The molecule has 1 aliphatic heterocycles. The number of nitrogens with zero attached hydrogens (tertiary/aromatic N) is 1. The Bertz CT molecular complexity index is 1020. The molecule has 140 valence electrons. The second kappa shape index (κ2) is 7.32. The SMILES string of the molecule is O=C(NC1CCC(Cc2cccc(F)c2)CN1)c1cnc2[nH]c(=O)oc2c1. The quantitative estimate of drug-likeness (QED) is 0.652. The summed E-state index contributed by atoms with van der Waals surface area (Å²) < 4.78 is 18.2. The van der Waals surface area contributed by atoms with Crippen molar-refractivity contribution in [2.75, 3.05) is 6.54 Å². The zero-order chi connectivity index (χ0) is 18.8. The van der Waals surface area contributed by atoms with Crippen LogP contribution in [0, 0.1) is 11.7 Å². The van der Waals surface area contributed by atoms with Crippen molar-refractivity contribution in [3.05, 3.63) is 64.0 Å². The zero-order valence-corrected chi connectivity index (χ0v) is 14.5. The Kier molecular flexibility index (Phi) is 4.72. The molecular weight excluding hydrogens is 351 g/mol. The van der Waals surface area contributed by atoms with Crippen molar-refractivity contribution >= 4 is 17.1 Å². The first-order valence-corrected chi connectivity index (χ1v) is 8.84. The average molecular weight is 370 g/mol. The first kappa shape index (κ1) is 17.4. The first-order valence-electron chi connectivity index (χ1n) is 8.84. The number of pyridine rings is 1. The van der Waals surface area contributed by atoms with Crippen LogP contribution in [0.15, 0.2) is 45.7 Å². The van der Waals surface area contributed by atoms with E-state index in [0.29, 0.717) is 17.1 Å². The minimum atomic E-state index is -0.603. The summed E-state index contributed by atoms with van der Waals surface area (Å²) in [5.74, 6) is -0.708. The van der Waals surface area contributed by atoms with Crippen LogP contribution in [0.1, 0.15) is 28.8 Å². The fourth-order valence-electron chi connectivity index (χ4n) is 3.41. The Hall–Kier alpha value is -3.00. The predicted molar refractivity (Wildman–Crippen MR) is 96.7 cm³/mol. The highest BCUT2D eigenvalue weighted by Gasteiger charge is 2.23. The van der Waals surface area contributed by atoms with Gasteiger partial charge in [0.15, 0.2) is 11.2 Å². The number of benzene rings is 1. The number of amides is 1. The second-order valence-corrected chi connectivity index (χ2v) is 6.80. The van der Waals surface area contributed by atoms with Crippen molar-refractivity contribution in [3.8, 4) is 0 Å². The van der Waals surface area contributed by atoms with E-state index < -0.39 is 5.76 Å². The maximum absolute atomic E-state index is 13.3. The van der Waals surface area contributed by atoms with Crippen LogP contribution in [0.3, 0.4) is 0 Å². The van der Waals surface area contributed by atoms with Crippen molar-refractivity contribution in [2.24, 2.45) is 5.92 Å². The lowest BCUT2D eigenvalue weighted by Gasteiger charge is -2.30. The maximum Gasteiger partial charge on any atom is 0.418 e. The van der Waals surface area contributed by atoms with Crippen molar-refractivity contribution < 1.29 is 13.6 Å². The highest BCUT2D eigenvalue weighted by molar-refractivity contribution is 5.96. The zero-order valence-electron chi connectivity index (χ0n) is 14.5. The predicted octanol–water partition coefficient (Wildman–Crippen LogP) is 1.95. The van der Waals surface area contributed by atoms with E-state index in [1.54, 1.807) is 12.1 Å². The number of aromatic nitrogens is 2. The molecule has 0 spiro atoms. The van der Waals surface area contributed by atoms with E-state index in [4.69, 9.17) is 4.42 Å². The molecule has 4 rings (SSSR count). The van der Waals surface area contributed by atoms with Crippen molar-refractivity contribution in [1.82, 2.24) is 20.6 Å². The number of halogens is 1. The fraction of sp³-hybridized carbons (Fsp3) is 0.316. The Labute approximate surface area is 154 Å². The summed E-state index contributed by atoms with van der Waals surface area (Å²) in [5, 5.41) is 6.24. The normalized spacial score (nSPS) is 19.9. The third-order valence-corrected chi connectivity index (χ3v) is 4.77. The molecule has 7 nitrogen and oxygen atoms in total. The summed E-state index contributed by atoms with van der Waals surface area (Å²) >= 11 is 0. The molecule has 2 atom stereocenters. The first-order chi connectivity index (χ1) is 13.1. The summed E-state index contributed by atoms with van der Waals surface area (Å²) in [6.45, 7) is 0.741. The van der Waals surface area contributed by atoms with E-state index in [-0.39, 0.29) is 23.5 Å². The van der Waals surface area contributed by atoms with Crippen molar-refractivity contribution in [2.45, 2.75) is 25.4 Å². The number of hydrogen-bond donors (Lipinski definition) is 3. The van der Waals surface area contributed by atoms with Gasteiger partial charge in [-0.05, 0) is 48.9 Å². The molecule has 0 aliphatic carbocycles. The molecule has 3 aromatic rings. The van der Waals surface area contributed by atoms with Gasteiger partial charge in [-0.3, -0.25) is 15.1 Å². The lowest BCUT2D eigenvalue weighted by molar-refractivity contribution is 0.0914. The Morgan fingerprint density at radius 1 is 1.33 bits per heavy atom. The molecule has 0 saturated carbocycles. The highest BCUT2D eigenvalue weighted by atomic mass is 19.1. The molecule has 1 aromatic carbocycles. The summed E-state index contributed by atoms with van der Waals surface area (Å²) in [7, 11) is 0. The minimum Gasteiger partial charge on any atom is -0.406 e. The van der Waals surface area contributed by atoms with Crippen LogP contribution in [0.2, 0.25) is 0 Å².